The molecule has 0 aliphatic rings. The fourth-order valence-electron chi connectivity index (χ4n) is 1.80. The van der Waals surface area contributed by atoms with E-state index in [1.807, 2.05) is 36.4 Å². The van der Waals surface area contributed by atoms with Crippen LogP contribution in [0.5, 0.6) is 11.5 Å². The van der Waals surface area contributed by atoms with Crippen molar-refractivity contribution in [3.63, 3.8) is 0 Å². The maximum Gasteiger partial charge on any atom is 0.122 e. The molecule has 2 aromatic carbocycles. The van der Waals surface area contributed by atoms with E-state index in [9.17, 15) is 0 Å². The highest BCUT2D eigenvalue weighted by atomic mass is 127. The summed E-state index contributed by atoms with van der Waals surface area (Å²) in [6, 6.07) is 11.6. The van der Waals surface area contributed by atoms with Crippen LogP contribution in [0.25, 0.3) is 0 Å². The number of benzene rings is 2. The molecule has 0 radical (unpaired) electrons. The maximum absolute atomic E-state index is 5.95. The summed E-state index contributed by atoms with van der Waals surface area (Å²) in [7, 11) is 3.29. The summed E-state index contributed by atoms with van der Waals surface area (Å²) in [5.74, 6) is 1.57. The maximum atomic E-state index is 5.95. The van der Waals surface area contributed by atoms with Crippen LogP contribution in [0.4, 0.5) is 5.69 Å². The van der Waals surface area contributed by atoms with Crippen molar-refractivity contribution < 1.29 is 9.47 Å². The molecule has 2 rings (SSSR count). The summed E-state index contributed by atoms with van der Waals surface area (Å²) in [6.45, 7) is 0.686. The number of ether oxygens (including phenoxy) is 2. The number of anilines is 1. The summed E-state index contributed by atoms with van der Waals surface area (Å²) in [4.78, 5) is 0. The average molecular weight is 404 g/mol. The van der Waals surface area contributed by atoms with E-state index >= 15 is 0 Å². The third-order valence-corrected chi connectivity index (χ3v) is 3.95. The highest BCUT2D eigenvalue weighted by molar-refractivity contribution is 14.1. The molecule has 0 atom stereocenters. The van der Waals surface area contributed by atoms with Crippen molar-refractivity contribution in [2.45, 2.75) is 6.54 Å². The Morgan fingerprint density at radius 1 is 1.05 bits per heavy atom. The minimum Gasteiger partial charge on any atom is -0.497 e. The molecule has 0 spiro atoms. The molecule has 0 bridgehead atoms. The van der Waals surface area contributed by atoms with Gasteiger partial charge in [-0.25, -0.2) is 0 Å². The molecule has 106 valence electrons. The molecule has 0 unspecified atom stereocenters. The van der Waals surface area contributed by atoms with Crippen LogP contribution in [0.15, 0.2) is 36.4 Å². The lowest BCUT2D eigenvalue weighted by atomic mass is 10.2. The monoisotopic (exact) mass is 403 g/mol. The van der Waals surface area contributed by atoms with Crippen LogP contribution in [0.2, 0.25) is 5.02 Å². The molecule has 0 aromatic heterocycles. The number of nitrogens with one attached hydrogen (secondary N) is 1. The van der Waals surface area contributed by atoms with Crippen molar-refractivity contribution in [2.75, 3.05) is 19.5 Å². The van der Waals surface area contributed by atoms with Gasteiger partial charge in [0.1, 0.15) is 11.5 Å². The summed E-state index contributed by atoms with van der Waals surface area (Å²) >= 11 is 8.21. The van der Waals surface area contributed by atoms with Crippen molar-refractivity contribution in [1.29, 1.82) is 0 Å². The number of hydrogen-bond acceptors (Lipinski definition) is 3. The topological polar surface area (TPSA) is 30.5 Å². The van der Waals surface area contributed by atoms with Crippen LogP contribution >= 0.6 is 34.2 Å². The lowest BCUT2D eigenvalue weighted by Gasteiger charge is -2.11. The van der Waals surface area contributed by atoms with Gasteiger partial charge in [0, 0.05) is 26.9 Å². The van der Waals surface area contributed by atoms with E-state index in [1.54, 1.807) is 14.2 Å². The number of rotatable bonds is 5. The van der Waals surface area contributed by atoms with Crippen molar-refractivity contribution in [1.82, 2.24) is 0 Å². The predicted octanol–water partition coefficient (Wildman–Crippen LogP) is 4.57. The molecule has 20 heavy (non-hydrogen) atoms. The Hall–Kier alpha value is -1.14. The Morgan fingerprint density at radius 3 is 2.25 bits per heavy atom. The van der Waals surface area contributed by atoms with Crippen molar-refractivity contribution >= 4 is 39.9 Å². The summed E-state index contributed by atoms with van der Waals surface area (Å²) in [6.07, 6.45) is 0. The van der Waals surface area contributed by atoms with Gasteiger partial charge in [-0.05, 0) is 58.5 Å². The molecule has 2 aromatic rings. The second-order valence-corrected chi connectivity index (χ2v) is 5.80. The van der Waals surface area contributed by atoms with E-state index in [0.29, 0.717) is 6.54 Å². The van der Waals surface area contributed by atoms with E-state index in [-0.39, 0.29) is 0 Å². The highest BCUT2D eigenvalue weighted by Crippen LogP contribution is 2.25. The van der Waals surface area contributed by atoms with Gasteiger partial charge in [0.25, 0.3) is 0 Å². The van der Waals surface area contributed by atoms with Gasteiger partial charge in [-0.1, -0.05) is 11.6 Å². The molecule has 0 aliphatic carbocycles. The van der Waals surface area contributed by atoms with Gasteiger partial charge in [-0.2, -0.15) is 0 Å². The third kappa shape index (κ3) is 3.93. The molecule has 3 nitrogen and oxygen atoms in total. The molecule has 5 heteroatoms. The Balaban J connectivity index is 2.13. The normalized spacial score (nSPS) is 10.2. The van der Waals surface area contributed by atoms with E-state index in [1.165, 1.54) is 0 Å². The van der Waals surface area contributed by atoms with Gasteiger partial charge >= 0.3 is 0 Å². The lowest BCUT2D eigenvalue weighted by molar-refractivity contribution is 0.393. The fraction of sp³-hybridized carbons (Fsp3) is 0.200. The smallest absolute Gasteiger partial charge is 0.122 e. The highest BCUT2D eigenvalue weighted by Gasteiger charge is 2.04. The molecule has 1 N–H and O–H groups in total. The Labute approximate surface area is 137 Å². The van der Waals surface area contributed by atoms with Gasteiger partial charge in [0.05, 0.1) is 14.2 Å². The van der Waals surface area contributed by atoms with E-state index in [4.69, 9.17) is 21.1 Å². The predicted molar refractivity (Wildman–Crippen MR) is 91.0 cm³/mol. The van der Waals surface area contributed by atoms with Gasteiger partial charge in [-0.15, -0.1) is 0 Å². The van der Waals surface area contributed by atoms with Gasteiger partial charge in [0.15, 0.2) is 0 Å². The molecule has 0 amide bonds. The van der Waals surface area contributed by atoms with E-state index < -0.39 is 0 Å². The minimum absolute atomic E-state index is 0.686. The molecular weight excluding hydrogens is 389 g/mol. The minimum atomic E-state index is 0.686. The molecular formula is C15H15ClINO2. The standard InChI is InChI=1S/C15H15ClINO2/c1-19-12-5-10(6-13(8-12)20-2)9-18-15-4-3-11(16)7-14(15)17/h3-8,18H,9H2,1-2H3. The van der Waals surface area contributed by atoms with E-state index in [0.717, 1.165) is 31.3 Å². The zero-order valence-electron chi connectivity index (χ0n) is 11.2. The molecule has 0 fully saturated rings. The quantitative estimate of drug-likeness (QED) is 0.742. The fourth-order valence-corrected chi connectivity index (χ4v) is 2.86. The molecule has 0 aliphatic heterocycles. The SMILES string of the molecule is COc1cc(CNc2ccc(Cl)cc2I)cc(OC)c1. The second-order valence-electron chi connectivity index (χ2n) is 4.20. The first-order valence-electron chi connectivity index (χ1n) is 6.03. The number of methoxy groups -OCH3 is 2. The largest absolute Gasteiger partial charge is 0.497 e. The average Bonchev–Trinajstić information content (AvgIpc) is 2.46. The van der Waals surface area contributed by atoms with Gasteiger partial charge in [-0.3, -0.25) is 0 Å². The van der Waals surface area contributed by atoms with Crippen LogP contribution in [-0.4, -0.2) is 14.2 Å². The van der Waals surface area contributed by atoms with Crippen molar-refractivity contribution in [2.24, 2.45) is 0 Å². The van der Waals surface area contributed by atoms with Crippen LogP contribution < -0.4 is 14.8 Å². The van der Waals surface area contributed by atoms with Crippen molar-refractivity contribution in [3.8, 4) is 11.5 Å². The third-order valence-electron chi connectivity index (χ3n) is 2.83. The van der Waals surface area contributed by atoms with Crippen LogP contribution in [0.1, 0.15) is 5.56 Å². The second kappa shape index (κ2) is 7.04. The first-order chi connectivity index (χ1) is 9.62. The summed E-state index contributed by atoms with van der Waals surface area (Å²) in [5.41, 5.74) is 2.14. The van der Waals surface area contributed by atoms with Crippen LogP contribution in [0, 0.1) is 3.57 Å². The summed E-state index contributed by atoms with van der Waals surface area (Å²) < 4.78 is 11.6. The molecule has 0 saturated heterocycles. The Morgan fingerprint density at radius 2 is 1.70 bits per heavy atom. The van der Waals surface area contributed by atoms with Crippen LogP contribution in [-0.2, 0) is 6.54 Å². The van der Waals surface area contributed by atoms with Gasteiger partial charge in [0.2, 0.25) is 0 Å². The van der Waals surface area contributed by atoms with Crippen molar-refractivity contribution in [3.05, 3.63) is 50.6 Å². The first-order valence-corrected chi connectivity index (χ1v) is 7.49. The molecule has 0 saturated carbocycles. The Kier molecular flexibility index (Phi) is 5.37. The lowest BCUT2D eigenvalue weighted by Crippen LogP contribution is -2.02. The van der Waals surface area contributed by atoms with Gasteiger partial charge < -0.3 is 14.8 Å². The first kappa shape index (κ1) is 15.3. The Bertz CT molecular complexity index is 582. The number of halogens is 2. The van der Waals surface area contributed by atoms with Crippen LogP contribution in [0.3, 0.4) is 0 Å². The zero-order chi connectivity index (χ0) is 14.5. The summed E-state index contributed by atoms with van der Waals surface area (Å²) in [5, 5.41) is 4.12. The molecule has 0 heterocycles. The van der Waals surface area contributed by atoms with E-state index in [2.05, 4.69) is 27.9 Å². The zero-order valence-corrected chi connectivity index (χ0v) is 14.2. The number of hydrogen-bond donors (Lipinski definition) is 1.